The minimum atomic E-state index is -4.17. The van der Waals surface area contributed by atoms with E-state index in [-0.39, 0.29) is 30.2 Å². The normalized spacial score (nSPS) is 18.9. The van der Waals surface area contributed by atoms with E-state index in [9.17, 15) is 23.3 Å². The highest BCUT2D eigenvalue weighted by molar-refractivity contribution is 8.00. The smallest absolute Gasteiger partial charge is 0.407 e. The molecule has 0 aliphatic carbocycles. The van der Waals surface area contributed by atoms with Crippen molar-refractivity contribution in [3.63, 3.8) is 0 Å². The van der Waals surface area contributed by atoms with E-state index in [1.165, 1.54) is 42.1 Å². The Labute approximate surface area is 218 Å². The monoisotopic (exact) mass is 544 g/mol. The van der Waals surface area contributed by atoms with E-state index in [0.29, 0.717) is 16.2 Å². The highest BCUT2D eigenvalue weighted by atomic mass is 32.2. The van der Waals surface area contributed by atoms with Crippen LogP contribution in [0.15, 0.2) is 88.7 Å². The second-order valence-corrected chi connectivity index (χ2v) is 10.7. The number of carbonyl (C=O) groups excluding carboxylic acids is 1. The SMILES string of the molecule is O=C(N[C@H]1CSc2ccccc2S(=O)(=O)OC(OCc2ccc([N+](=O)[O-])cc2)C1)OCc1ccccc1. The van der Waals surface area contributed by atoms with Gasteiger partial charge in [-0.1, -0.05) is 42.5 Å². The first-order valence-corrected chi connectivity index (χ1v) is 13.7. The zero-order valence-corrected chi connectivity index (χ0v) is 21.2. The van der Waals surface area contributed by atoms with Crippen LogP contribution in [0.25, 0.3) is 0 Å². The van der Waals surface area contributed by atoms with Crippen LogP contribution in [0.3, 0.4) is 0 Å². The lowest BCUT2D eigenvalue weighted by atomic mass is 10.2. The molecule has 4 rings (SSSR count). The molecule has 12 heteroatoms. The molecule has 10 nitrogen and oxygen atoms in total. The van der Waals surface area contributed by atoms with Crippen LogP contribution in [-0.4, -0.2) is 37.5 Å². The maximum atomic E-state index is 13.0. The van der Waals surface area contributed by atoms with Gasteiger partial charge in [-0.15, -0.1) is 11.8 Å². The number of alkyl carbamates (subject to hydrolysis) is 1. The number of nitro benzene ring substituents is 1. The van der Waals surface area contributed by atoms with Gasteiger partial charge in [0, 0.05) is 35.2 Å². The van der Waals surface area contributed by atoms with Crippen molar-refractivity contribution < 1.29 is 31.8 Å². The summed E-state index contributed by atoms with van der Waals surface area (Å²) in [6.45, 7) is 0.0263. The zero-order chi connectivity index (χ0) is 26.3. The van der Waals surface area contributed by atoms with Crippen LogP contribution < -0.4 is 5.32 Å². The molecule has 1 unspecified atom stereocenters. The number of nitrogens with one attached hydrogen (secondary N) is 1. The number of hydrogen-bond acceptors (Lipinski definition) is 9. The van der Waals surface area contributed by atoms with Crippen LogP contribution in [0, 0.1) is 10.1 Å². The van der Waals surface area contributed by atoms with Crippen molar-refractivity contribution in [2.24, 2.45) is 0 Å². The van der Waals surface area contributed by atoms with E-state index in [1.54, 1.807) is 18.2 Å². The molecule has 2 atom stereocenters. The van der Waals surface area contributed by atoms with Gasteiger partial charge in [-0.2, -0.15) is 8.42 Å². The van der Waals surface area contributed by atoms with Crippen molar-refractivity contribution in [3.05, 3.63) is 100 Å². The number of rotatable bonds is 7. The topological polar surface area (TPSA) is 134 Å². The van der Waals surface area contributed by atoms with Gasteiger partial charge in [0.25, 0.3) is 5.69 Å². The van der Waals surface area contributed by atoms with Gasteiger partial charge in [0.2, 0.25) is 0 Å². The van der Waals surface area contributed by atoms with Crippen molar-refractivity contribution in [3.8, 4) is 0 Å². The summed E-state index contributed by atoms with van der Waals surface area (Å²) in [5.74, 6) is 0.341. The Kier molecular flexibility index (Phi) is 8.77. The highest BCUT2D eigenvalue weighted by Crippen LogP contribution is 2.32. The van der Waals surface area contributed by atoms with Gasteiger partial charge in [-0.25, -0.2) is 8.98 Å². The molecule has 3 aromatic rings. The third-order valence-corrected chi connectivity index (χ3v) is 8.12. The van der Waals surface area contributed by atoms with Gasteiger partial charge in [0.1, 0.15) is 11.5 Å². The summed E-state index contributed by atoms with van der Waals surface area (Å²) in [7, 11) is -4.17. The molecule has 1 amide bonds. The van der Waals surface area contributed by atoms with E-state index >= 15 is 0 Å². The third-order valence-electron chi connectivity index (χ3n) is 5.39. The Morgan fingerprint density at radius 1 is 1.00 bits per heavy atom. The molecule has 1 heterocycles. The lowest BCUT2D eigenvalue weighted by Gasteiger charge is -2.23. The van der Waals surface area contributed by atoms with E-state index in [1.807, 2.05) is 30.3 Å². The minimum Gasteiger partial charge on any atom is -0.445 e. The third kappa shape index (κ3) is 7.52. The number of amides is 1. The van der Waals surface area contributed by atoms with Crippen LogP contribution in [0.4, 0.5) is 10.5 Å². The molecule has 0 spiro atoms. The van der Waals surface area contributed by atoms with E-state index in [0.717, 1.165) is 5.56 Å². The van der Waals surface area contributed by atoms with Gasteiger partial charge in [0.15, 0.2) is 6.29 Å². The van der Waals surface area contributed by atoms with Crippen LogP contribution >= 0.6 is 11.8 Å². The molecule has 0 fully saturated rings. The summed E-state index contributed by atoms with van der Waals surface area (Å²) >= 11 is 1.28. The second-order valence-electron chi connectivity index (χ2n) is 8.11. The van der Waals surface area contributed by atoms with Crippen LogP contribution in [-0.2, 0) is 37.0 Å². The molecule has 37 heavy (non-hydrogen) atoms. The predicted octanol–water partition coefficient (Wildman–Crippen LogP) is 4.63. The van der Waals surface area contributed by atoms with Gasteiger partial charge in [-0.3, -0.25) is 10.1 Å². The van der Waals surface area contributed by atoms with Crippen LogP contribution in [0.5, 0.6) is 0 Å². The molecule has 1 aliphatic heterocycles. The molecule has 0 aromatic heterocycles. The minimum absolute atomic E-state index is 0.0104. The predicted molar refractivity (Wildman–Crippen MR) is 135 cm³/mol. The molecule has 0 bridgehead atoms. The molecule has 194 valence electrons. The highest BCUT2D eigenvalue weighted by Gasteiger charge is 2.31. The summed E-state index contributed by atoms with van der Waals surface area (Å²) in [5, 5.41) is 13.7. The number of ether oxygens (including phenoxy) is 2. The lowest BCUT2D eigenvalue weighted by Crippen LogP contribution is -2.40. The quantitative estimate of drug-likeness (QED) is 0.257. The fraction of sp³-hybridized carbons (Fsp3) is 0.240. The summed E-state index contributed by atoms with van der Waals surface area (Å²) in [6.07, 6.45) is -1.86. The average molecular weight is 545 g/mol. The number of non-ortho nitro benzene ring substituents is 1. The average Bonchev–Trinajstić information content (AvgIpc) is 2.94. The van der Waals surface area contributed by atoms with Crippen molar-refractivity contribution in [2.75, 3.05) is 5.75 Å². The Morgan fingerprint density at radius 3 is 2.41 bits per heavy atom. The molecule has 0 radical (unpaired) electrons. The number of carbonyl (C=O) groups is 1. The maximum Gasteiger partial charge on any atom is 0.407 e. The summed E-state index contributed by atoms with van der Waals surface area (Å²) in [4.78, 5) is 23.4. The molecule has 0 saturated carbocycles. The van der Waals surface area contributed by atoms with Crippen molar-refractivity contribution >= 4 is 33.7 Å². The molecule has 0 saturated heterocycles. The van der Waals surface area contributed by atoms with Gasteiger partial charge in [-0.05, 0) is 35.4 Å². The van der Waals surface area contributed by atoms with Crippen LogP contribution in [0.1, 0.15) is 17.5 Å². The summed E-state index contributed by atoms with van der Waals surface area (Å²) in [6, 6.07) is 20.8. The fourth-order valence-electron chi connectivity index (χ4n) is 3.53. The van der Waals surface area contributed by atoms with Crippen molar-refractivity contribution in [1.82, 2.24) is 5.32 Å². The first-order valence-electron chi connectivity index (χ1n) is 11.3. The Hall–Kier alpha value is -3.45. The van der Waals surface area contributed by atoms with E-state index in [4.69, 9.17) is 13.7 Å². The van der Waals surface area contributed by atoms with Gasteiger partial charge in [0.05, 0.1) is 11.5 Å². The van der Waals surface area contributed by atoms with Crippen LogP contribution in [0.2, 0.25) is 0 Å². The first kappa shape index (κ1) is 26.6. The number of fused-ring (bicyclic) bond motifs is 1. The second kappa shape index (κ2) is 12.2. The number of benzene rings is 3. The van der Waals surface area contributed by atoms with E-state index < -0.39 is 33.5 Å². The number of hydrogen-bond donors (Lipinski definition) is 1. The first-order chi connectivity index (χ1) is 17.8. The fourth-order valence-corrected chi connectivity index (χ4v) is 6.08. The molecule has 3 aromatic carbocycles. The largest absolute Gasteiger partial charge is 0.445 e. The summed E-state index contributed by atoms with van der Waals surface area (Å²) in [5.41, 5.74) is 1.35. The Balaban J connectivity index is 1.48. The zero-order valence-electron chi connectivity index (χ0n) is 19.5. The van der Waals surface area contributed by atoms with Crippen molar-refractivity contribution in [1.29, 1.82) is 0 Å². The Bertz CT molecular complexity index is 1330. The molecular weight excluding hydrogens is 520 g/mol. The number of thioether (sulfide) groups is 1. The summed E-state index contributed by atoms with van der Waals surface area (Å²) < 4.78 is 42.6. The van der Waals surface area contributed by atoms with Gasteiger partial charge >= 0.3 is 16.2 Å². The van der Waals surface area contributed by atoms with E-state index in [2.05, 4.69) is 5.32 Å². The lowest BCUT2D eigenvalue weighted by molar-refractivity contribution is -0.384. The van der Waals surface area contributed by atoms with Gasteiger partial charge < -0.3 is 14.8 Å². The molecule has 1 N–H and O–H groups in total. The van der Waals surface area contributed by atoms with Crippen molar-refractivity contribution in [2.45, 2.75) is 41.8 Å². The Morgan fingerprint density at radius 2 is 1.68 bits per heavy atom. The molecular formula is C25H24N2O8S2. The molecule has 1 aliphatic rings. The standard InChI is InChI=1S/C25H24N2O8S2/c28-25(34-16-18-6-2-1-3-7-18)26-20-14-24(33-15-19-10-12-21(13-11-19)27(29)30)35-37(31,32)23-9-5-4-8-22(23)36-17-20/h1-13,20,24H,14-17H2,(H,26,28)/t20-,24?/m1/s1. The number of nitrogens with zero attached hydrogens (tertiary/aromatic N) is 1. The maximum absolute atomic E-state index is 13.0. The number of nitro groups is 1.